The van der Waals surface area contributed by atoms with E-state index in [-0.39, 0.29) is 0 Å². The lowest BCUT2D eigenvalue weighted by atomic mass is 10.1. The first-order chi connectivity index (χ1) is 14.3. The highest BCUT2D eigenvalue weighted by molar-refractivity contribution is 9.10. The lowest BCUT2D eigenvalue weighted by Crippen LogP contribution is -2.39. The zero-order valence-electron chi connectivity index (χ0n) is 15.9. The van der Waals surface area contributed by atoms with E-state index in [1.165, 1.54) is 17.4 Å². The Balaban J connectivity index is 1.43. The van der Waals surface area contributed by atoms with Crippen molar-refractivity contribution in [3.05, 3.63) is 75.2 Å². The van der Waals surface area contributed by atoms with Crippen LogP contribution in [0.15, 0.2) is 57.2 Å². The molecule has 3 aromatic rings. The van der Waals surface area contributed by atoms with Crippen LogP contribution < -0.4 is 4.90 Å². The summed E-state index contributed by atoms with van der Waals surface area (Å²) in [7, 11) is -4.07. The molecule has 1 saturated heterocycles. The maximum atomic E-state index is 14.0. The van der Waals surface area contributed by atoms with Crippen molar-refractivity contribution in [2.24, 2.45) is 0 Å². The third kappa shape index (κ3) is 4.43. The van der Waals surface area contributed by atoms with Crippen LogP contribution in [-0.4, -0.2) is 31.7 Å². The van der Waals surface area contributed by atoms with Crippen molar-refractivity contribution in [2.75, 3.05) is 18.0 Å². The van der Waals surface area contributed by atoms with E-state index in [0.717, 1.165) is 33.0 Å². The molecule has 2 heterocycles. The lowest BCUT2D eigenvalue weighted by Gasteiger charge is -2.31. The summed E-state index contributed by atoms with van der Waals surface area (Å²) in [4.78, 5) is 5.92. The number of halogens is 3. The van der Waals surface area contributed by atoms with Crippen LogP contribution in [0.1, 0.15) is 24.1 Å². The smallest absolute Gasteiger partial charge is 0.187 e. The molecule has 0 spiro atoms. The Hall–Kier alpha value is -1.84. The molecule has 4 nitrogen and oxygen atoms in total. The SMILES string of the molecule is O=S(=O)(c1c(F)cccc1F)C1CCN(c2nc(Cc3cccc(Br)c3)cs2)CC1. The van der Waals surface area contributed by atoms with Gasteiger partial charge in [-0.2, -0.15) is 0 Å². The highest BCUT2D eigenvalue weighted by Crippen LogP contribution is 2.31. The van der Waals surface area contributed by atoms with Gasteiger partial charge in [0.1, 0.15) is 16.5 Å². The first-order valence-electron chi connectivity index (χ1n) is 9.46. The zero-order valence-corrected chi connectivity index (χ0v) is 19.1. The number of sulfone groups is 1. The number of anilines is 1. The van der Waals surface area contributed by atoms with Gasteiger partial charge in [0.15, 0.2) is 15.0 Å². The van der Waals surface area contributed by atoms with E-state index < -0.39 is 31.6 Å². The standard InChI is InChI=1S/C21H19BrF2N2O2S2/c22-15-4-1-3-14(11-15)12-16-13-29-21(25-16)26-9-7-17(8-10-26)30(27,28)20-18(23)5-2-6-19(20)24/h1-6,11,13,17H,7-10,12H2. The van der Waals surface area contributed by atoms with Gasteiger partial charge in [0.05, 0.1) is 10.9 Å². The summed E-state index contributed by atoms with van der Waals surface area (Å²) in [6.45, 7) is 0.952. The molecule has 0 aliphatic carbocycles. The second-order valence-corrected chi connectivity index (χ2v) is 11.1. The minimum Gasteiger partial charge on any atom is -0.348 e. The van der Waals surface area contributed by atoms with Crippen molar-refractivity contribution in [3.63, 3.8) is 0 Å². The number of aromatic nitrogens is 1. The Morgan fingerprint density at radius 2 is 1.77 bits per heavy atom. The summed E-state index contributed by atoms with van der Waals surface area (Å²) >= 11 is 4.99. The molecule has 0 saturated carbocycles. The van der Waals surface area contributed by atoms with Gasteiger partial charge in [-0.05, 0) is 42.7 Å². The highest BCUT2D eigenvalue weighted by atomic mass is 79.9. The molecule has 4 rings (SSSR count). The number of benzene rings is 2. The van der Waals surface area contributed by atoms with E-state index in [4.69, 9.17) is 4.98 Å². The maximum absolute atomic E-state index is 14.0. The normalized spacial score (nSPS) is 15.5. The molecule has 1 fully saturated rings. The van der Waals surface area contributed by atoms with Crippen molar-refractivity contribution in [2.45, 2.75) is 29.4 Å². The van der Waals surface area contributed by atoms with Crippen LogP contribution in [0.25, 0.3) is 0 Å². The Labute approximate surface area is 186 Å². The van der Waals surface area contributed by atoms with Gasteiger partial charge in [-0.1, -0.05) is 34.1 Å². The van der Waals surface area contributed by atoms with Crippen LogP contribution in [0.2, 0.25) is 0 Å². The van der Waals surface area contributed by atoms with Gasteiger partial charge in [0, 0.05) is 29.4 Å². The largest absolute Gasteiger partial charge is 0.348 e. The van der Waals surface area contributed by atoms with Gasteiger partial charge in [-0.25, -0.2) is 22.2 Å². The molecule has 0 atom stereocenters. The topological polar surface area (TPSA) is 50.3 Å². The molecule has 30 heavy (non-hydrogen) atoms. The summed E-state index contributed by atoms with van der Waals surface area (Å²) in [5, 5.41) is 2.04. The molecule has 0 amide bonds. The molecular weight excluding hydrogens is 494 g/mol. The second kappa shape index (κ2) is 8.72. The van der Waals surface area contributed by atoms with E-state index in [2.05, 4.69) is 22.0 Å². The number of piperidine rings is 1. The molecule has 158 valence electrons. The van der Waals surface area contributed by atoms with Crippen LogP contribution in [0.3, 0.4) is 0 Å². The van der Waals surface area contributed by atoms with Crippen LogP contribution >= 0.6 is 27.3 Å². The summed E-state index contributed by atoms with van der Waals surface area (Å²) in [6.07, 6.45) is 1.32. The van der Waals surface area contributed by atoms with Crippen molar-refractivity contribution >= 4 is 42.2 Å². The highest BCUT2D eigenvalue weighted by Gasteiger charge is 2.35. The van der Waals surface area contributed by atoms with Crippen molar-refractivity contribution in [1.82, 2.24) is 4.98 Å². The Kier molecular flexibility index (Phi) is 6.22. The number of thiazole rings is 1. The molecule has 1 aliphatic heterocycles. The molecule has 0 bridgehead atoms. The van der Waals surface area contributed by atoms with Gasteiger partial charge in [0.25, 0.3) is 0 Å². The monoisotopic (exact) mass is 512 g/mol. The van der Waals surface area contributed by atoms with Crippen LogP contribution in [0.5, 0.6) is 0 Å². The van der Waals surface area contributed by atoms with E-state index in [1.807, 2.05) is 28.5 Å². The number of hydrogen-bond acceptors (Lipinski definition) is 5. The summed E-state index contributed by atoms with van der Waals surface area (Å²) in [5.74, 6) is -2.07. The van der Waals surface area contributed by atoms with E-state index >= 15 is 0 Å². The van der Waals surface area contributed by atoms with Crippen LogP contribution in [0.4, 0.5) is 13.9 Å². The predicted molar refractivity (Wildman–Crippen MR) is 118 cm³/mol. The maximum Gasteiger partial charge on any atom is 0.187 e. The number of rotatable bonds is 5. The first-order valence-corrected chi connectivity index (χ1v) is 12.7. The molecule has 0 N–H and O–H groups in total. The number of hydrogen-bond donors (Lipinski definition) is 0. The van der Waals surface area contributed by atoms with Gasteiger partial charge >= 0.3 is 0 Å². The number of nitrogens with zero attached hydrogens (tertiary/aromatic N) is 2. The van der Waals surface area contributed by atoms with Gasteiger partial charge in [-0.3, -0.25) is 0 Å². The Morgan fingerprint density at radius 1 is 1.10 bits per heavy atom. The van der Waals surface area contributed by atoms with Crippen LogP contribution in [-0.2, 0) is 16.3 Å². The molecule has 0 radical (unpaired) electrons. The molecule has 1 aliphatic rings. The minimum absolute atomic E-state index is 0.302. The van der Waals surface area contributed by atoms with Crippen molar-refractivity contribution < 1.29 is 17.2 Å². The molecule has 9 heteroatoms. The molecular formula is C21H19BrF2N2O2S2. The fraction of sp³-hybridized carbons (Fsp3) is 0.286. The summed E-state index contributed by atoms with van der Waals surface area (Å²) < 4.78 is 54.6. The fourth-order valence-electron chi connectivity index (χ4n) is 3.66. The van der Waals surface area contributed by atoms with Gasteiger partial charge < -0.3 is 4.90 Å². The lowest BCUT2D eigenvalue weighted by molar-refractivity contribution is 0.497. The quantitative estimate of drug-likeness (QED) is 0.470. The average Bonchev–Trinajstić information content (AvgIpc) is 3.16. The van der Waals surface area contributed by atoms with E-state index in [0.29, 0.717) is 32.4 Å². The van der Waals surface area contributed by atoms with Gasteiger partial charge in [-0.15, -0.1) is 11.3 Å². The fourth-order valence-corrected chi connectivity index (χ4v) is 6.83. The minimum atomic E-state index is -4.07. The third-order valence-electron chi connectivity index (χ3n) is 5.17. The second-order valence-electron chi connectivity index (χ2n) is 7.21. The van der Waals surface area contributed by atoms with Crippen molar-refractivity contribution in [1.29, 1.82) is 0 Å². The molecule has 1 aromatic heterocycles. The van der Waals surface area contributed by atoms with E-state index in [9.17, 15) is 17.2 Å². The van der Waals surface area contributed by atoms with Crippen LogP contribution in [0, 0.1) is 11.6 Å². The predicted octanol–water partition coefficient (Wildman–Crippen LogP) is 5.22. The van der Waals surface area contributed by atoms with E-state index in [1.54, 1.807) is 0 Å². The zero-order chi connectivity index (χ0) is 21.3. The Bertz CT molecular complexity index is 1140. The molecule has 0 unspecified atom stereocenters. The average molecular weight is 513 g/mol. The summed E-state index contributed by atoms with van der Waals surface area (Å²) in [5.41, 5.74) is 2.11. The van der Waals surface area contributed by atoms with Crippen molar-refractivity contribution in [3.8, 4) is 0 Å². The summed E-state index contributed by atoms with van der Waals surface area (Å²) in [6, 6.07) is 11.2. The first kappa shape index (κ1) is 21.4. The Morgan fingerprint density at radius 3 is 2.43 bits per heavy atom. The van der Waals surface area contributed by atoms with Gasteiger partial charge in [0.2, 0.25) is 0 Å². The molecule has 2 aromatic carbocycles. The third-order valence-corrected chi connectivity index (χ3v) is 8.92.